The van der Waals surface area contributed by atoms with Crippen molar-refractivity contribution >= 4 is 28.9 Å². The predicted octanol–water partition coefficient (Wildman–Crippen LogP) is 4.81. The molecule has 3 N–H and O–H groups in total. The Morgan fingerprint density at radius 2 is 1.55 bits per heavy atom. The summed E-state index contributed by atoms with van der Waals surface area (Å²) in [6.07, 6.45) is 2.49. The van der Waals surface area contributed by atoms with Crippen molar-refractivity contribution in [3.05, 3.63) is 108 Å². The van der Waals surface area contributed by atoms with Gasteiger partial charge in [-0.15, -0.1) is 11.8 Å². The first-order valence-corrected chi connectivity index (χ1v) is 14.1. The van der Waals surface area contributed by atoms with E-state index in [1.165, 1.54) is 22.7 Å². The lowest BCUT2D eigenvalue weighted by Crippen LogP contribution is -2.38. The topological polar surface area (TPSA) is 115 Å². The molecule has 0 spiro atoms. The summed E-state index contributed by atoms with van der Waals surface area (Å²) < 4.78 is 12.4. The highest BCUT2D eigenvalue weighted by Gasteiger charge is 2.37. The molecule has 1 unspecified atom stereocenters. The first kappa shape index (κ1) is 27.6. The number of aliphatic hydroxyl groups excluding tert-OH is 2. The molecule has 2 heterocycles. The molecule has 2 aromatic heterocycles. The van der Waals surface area contributed by atoms with Gasteiger partial charge in [-0.1, -0.05) is 72.8 Å². The van der Waals surface area contributed by atoms with Gasteiger partial charge in [0.15, 0.2) is 5.65 Å². The second-order valence-corrected chi connectivity index (χ2v) is 9.79. The van der Waals surface area contributed by atoms with Gasteiger partial charge in [-0.05, 0) is 41.5 Å². The molecule has 0 amide bonds. The maximum absolute atomic E-state index is 10.7. The van der Waals surface area contributed by atoms with Crippen molar-refractivity contribution in [2.45, 2.75) is 23.4 Å². The summed E-state index contributed by atoms with van der Waals surface area (Å²) in [5.41, 5.74) is 3.03. The number of nitrogens with zero attached hydrogens (tertiary/aromatic N) is 4. The standard InChI is InChI=1S/C30H31N5O4S/c1-38-24-16-14-23(15-17-24)30(21-10-5-3-6-11-21,22-12-7-4-8-13-22)34-28-32-26-25(27(33-28)40-2)31-20-35(26)29(37)39-19-9-18-36/h3-8,10-17,20,29,36-37H,9,18-19H2,1-2H3,(H,32,33,34). The quantitative estimate of drug-likeness (QED) is 0.0654. The number of ether oxygens (including phenoxy) is 2. The molecule has 0 radical (unpaired) electrons. The lowest BCUT2D eigenvalue weighted by atomic mass is 9.77. The molecule has 0 fully saturated rings. The van der Waals surface area contributed by atoms with E-state index in [1.54, 1.807) is 7.11 Å². The fourth-order valence-electron chi connectivity index (χ4n) is 4.69. The van der Waals surface area contributed by atoms with Crippen molar-refractivity contribution in [1.29, 1.82) is 0 Å². The molecule has 5 aromatic rings. The molecule has 5 rings (SSSR count). The van der Waals surface area contributed by atoms with Crippen LogP contribution in [0.2, 0.25) is 0 Å². The zero-order chi connectivity index (χ0) is 28.0. The number of imidazole rings is 1. The molecule has 0 aliphatic carbocycles. The highest BCUT2D eigenvalue weighted by atomic mass is 32.2. The van der Waals surface area contributed by atoms with Crippen LogP contribution in [0.3, 0.4) is 0 Å². The number of aliphatic hydroxyl groups is 2. The lowest BCUT2D eigenvalue weighted by molar-refractivity contribution is -0.152. The van der Waals surface area contributed by atoms with Crippen LogP contribution in [0.4, 0.5) is 5.95 Å². The van der Waals surface area contributed by atoms with E-state index in [4.69, 9.17) is 24.5 Å². The van der Waals surface area contributed by atoms with Crippen molar-refractivity contribution < 1.29 is 19.7 Å². The second kappa shape index (κ2) is 12.5. The average molecular weight is 558 g/mol. The van der Waals surface area contributed by atoms with Gasteiger partial charge in [-0.25, -0.2) is 9.97 Å². The van der Waals surface area contributed by atoms with E-state index in [0.717, 1.165) is 22.4 Å². The fraction of sp³-hybridized carbons (Fsp3) is 0.233. The van der Waals surface area contributed by atoms with Crippen molar-refractivity contribution in [3.8, 4) is 5.75 Å². The molecule has 0 saturated heterocycles. The van der Waals surface area contributed by atoms with E-state index in [9.17, 15) is 5.11 Å². The van der Waals surface area contributed by atoms with E-state index in [0.29, 0.717) is 28.6 Å². The molecule has 10 heteroatoms. The Labute approximate surface area is 236 Å². The van der Waals surface area contributed by atoms with Crippen LogP contribution in [0.15, 0.2) is 96.3 Å². The van der Waals surface area contributed by atoms with Crippen LogP contribution in [-0.4, -0.2) is 56.3 Å². The van der Waals surface area contributed by atoms with Gasteiger partial charge in [0.2, 0.25) is 12.4 Å². The molecular formula is C30H31N5O4S. The zero-order valence-electron chi connectivity index (χ0n) is 22.3. The number of hydrogen-bond donors (Lipinski definition) is 3. The van der Waals surface area contributed by atoms with Crippen LogP contribution in [0.25, 0.3) is 11.2 Å². The minimum Gasteiger partial charge on any atom is -0.497 e. The number of fused-ring (bicyclic) bond motifs is 1. The summed E-state index contributed by atoms with van der Waals surface area (Å²) in [5.74, 6) is 1.10. The second-order valence-electron chi connectivity index (χ2n) is 8.99. The highest BCUT2D eigenvalue weighted by molar-refractivity contribution is 7.98. The van der Waals surface area contributed by atoms with E-state index in [1.807, 2.05) is 66.9 Å². The Balaban J connectivity index is 1.70. The number of aromatic nitrogens is 4. The van der Waals surface area contributed by atoms with Gasteiger partial charge in [-0.2, -0.15) is 4.98 Å². The van der Waals surface area contributed by atoms with Crippen molar-refractivity contribution in [2.24, 2.45) is 0 Å². The third-order valence-corrected chi connectivity index (χ3v) is 7.30. The molecular weight excluding hydrogens is 526 g/mol. The fourth-order valence-corrected chi connectivity index (χ4v) is 5.20. The zero-order valence-corrected chi connectivity index (χ0v) is 23.1. The normalized spacial score (nSPS) is 12.4. The van der Waals surface area contributed by atoms with Crippen molar-refractivity contribution in [2.75, 3.05) is 31.9 Å². The summed E-state index contributed by atoms with van der Waals surface area (Å²) in [6.45, 7) is 0.155. The van der Waals surface area contributed by atoms with E-state index < -0.39 is 12.0 Å². The molecule has 0 aliphatic rings. The summed E-state index contributed by atoms with van der Waals surface area (Å²) in [5, 5.41) is 24.1. The molecule has 0 bridgehead atoms. The SMILES string of the molecule is COc1ccc(C(Nc2nc(SC)c3ncn(C(O)OCCCO)c3n2)(c2ccccc2)c2ccccc2)cc1. The van der Waals surface area contributed by atoms with Crippen LogP contribution in [-0.2, 0) is 10.3 Å². The van der Waals surface area contributed by atoms with E-state index in [-0.39, 0.29) is 13.2 Å². The van der Waals surface area contributed by atoms with Crippen LogP contribution < -0.4 is 10.1 Å². The maximum Gasteiger partial charge on any atom is 0.244 e. The highest BCUT2D eigenvalue weighted by Crippen LogP contribution is 2.40. The lowest BCUT2D eigenvalue weighted by Gasteiger charge is -2.37. The number of thioether (sulfide) groups is 1. The molecule has 0 saturated carbocycles. The van der Waals surface area contributed by atoms with E-state index in [2.05, 4.69) is 34.6 Å². The predicted molar refractivity (Wildman–Crippen MR) is 155 cm³/mol. The first-order valence-electron chi connectivity index (χ1n) is 12.8. The number of rotatable bonds is 12. The Bertz CT molecular complexity index is 1490. The number of hydrogen-bond acceptors (Lipinski definition) is 9. The number of methoxy groups -OCH3 is 1. The van der Waals surface area contributed by atoms with Crippen molar-refractivity contribution in [3.63, 3.8) is 0 Å². The number of anilines is 1. The molecule has 206 valence electrons. The largest absolute Gasteiger partial charge is 0.497 e. The van der Waals surface area contributed by atoms with Gasteiger partial charge in [0.1, 0.15) is 28.2 Å². The smallest absolute Gasteiger partial charge is 0.244 e. The van der Waals surface area contributed by atoms with Gasteiger partial charge in [0.25, 0.3) is 0 Å². The van der Waals surface area contributed by atoms with Crippen molar-refractivity contribution in [1.82, 2.24) is 19.5 Å². The summed E-state index contributed by atoms with van der Waals surface area (Å²) >= 11 is 1.44. The monoisotopic (exact) mass is 557 g/mol. The van der Waals surface area contributed by atoms with Crippen LogP contribution in [0.5, 0.6) is 5.75 Å². The Morgan fingerprint density at radius 1 is 0.925 bits per heavy atom. The minimum atomic E-state index is -1.32. The number of benzene rings is 3. The minimum absolute atomic E-state index is 0.0311. The molecule has 3 aromatic carbocycles. The van der Waals surface area contributed by atoms with Crippen LogP contribution in [0, 0.1) is 0 Å². The summed E-state index contributed by atoms with van der Waals surface area (Å²) in [7, 11) is 1.65. The Morgan fingerprint density at radius 3 is 2.12 bits per heavy atom. The first-order chi connectivity index (χ1) is 19.6. The average Bonchev–Trinajstić information content (AvgIpc) is 3.45. The van der Waals surface area contributed by atoms with Crippen LogP contribution >= 0.6 is 11.8 Å². The molecule has 0 aliphatic heterocycles. The van der Waals surface area contributed by atoms with Crippen LogP contribution in [0.1, 0.15) is 29.5 Å². The van der Waals surface area contributed by atoms with Gasteiger partial charge in [0.05, 0.1) is 13.7 Å². The summed E-state index contributed by atoms with van der Waals surface area (Å²) in [6, 6.07) is 28.2. The Kier molecular flexibility index (Phi) is 8.61. The Hall–Kier alpha value is -3.96. The van der Waals surface area contributed by atoms with E-state index >= 15 is 0 Å². The molecule has 1 atom stereocenters. The van der Waals surface area contributed by atoms with Gasteiger partial charge >= 0.3 is 0 Å². The van der Waals surface area contributed by atoms with Gasteiger partial charge in [0, 0.05) is 6.61 Å². The third kappa shape index (κ3) is 5.39. The summed E-state index contributed by atoms with van der Waals surface area (Å²) in [4.78, 5) is 14.1. The molecule has 9 nitrogen and oxygen atoms in total. The molecule has 40 heavy (non-hydrogen) atoms. The third-order valence-electron chi connectivity index (χ3n) is 6.63. The number of nitrogens with one attached hydrogen (secondary N) is 1. The van der Waals surface area contributed by atoms with Gasteiger partial charge < -0.3 is 25.0 Å². The maximum atomic E-state index is 10.7. The van der Waals surface area contributed by atoms with Gasteiger partial charge in [-0.3, -0.25) is 4.57 Å².